The van der Waals surface area contributed by atoms with E-state index in [1.54, 1.807) is 26.8 Å². The normalized spacial score (nSPS) is 20.0. The number of aliphatic hydroxyl groups excluding tert-OH is 1. The van der Waals surface area contributed by atoms with E-state index in [-0.39, 0.29) is 24.1 Å². The summed E-state index contributed by atoms with van der Waals surface area (Å²) in [7, 11) is 0. The molecule has 2 aliphatic rings. The van der Waals surface area contributed by atoms with E-state index < -0.39 is 35.2 Å². The number of pyridine rings is 1. The van der Waals surface area contributed by atoms with Crippen LogP contribution in [-0.4, -0.2) is 52.4 Å². The summed E-state index contributed by atoms with van der Waals surface area (Å²) in [5, 5.41) is 17.8. The molecular weight excluding hydrogens is 428 g/mol. The van der Waals surface area contributed by atoms with Crippen molar-refractivity contribution < 1.29 is 24.2 Å². The number of hydrogen-bond acceptors (Lipinski definition) is 6. The monoisotopic (exact) mass is 462 g/mol. The maximum Gasteiger partial charge on any atom is 0.412 e. The van der Waals surface area contributed by atoms with Gasteiger partial charge < -0.3 is 25.0 Å². The molecule has 3 atom stereocenters. The lowest BCUT2D eigenvalue weighted by Crippen LogP contribution is -2.45. The molecule has 1 aromatic rings. The molecule has 1 saturated carbocycles. The summed E-state index contributed by atoms with van der Waals surface area (Å²) in [6.07, 6.45) is 4.21. The van der Waals surface area contributed by atoms with E-state index in [1.807, 2.05) is 0 Å². The van der Waals surface area contributed by atoms with E-state index >= 15 is 0 Å². The third-order valence-corrected chi connectivity index (χ3v) is 5.80. The van der Waals surface area contributed by atoms with Gasteiger partial charge in [-0.2, -0.15) is 0 Å². The molecule has 1 unspecified atom stereocenters. The maximum atomic E-state index is 13.2. The quantitative estimate of drug-likeness (QED) is 0.439. The van der Waals surface area contributed by atoms with Crippen LogP contribution in [0.5, 0.6) is 0 Å². The van der Waals surface area contributed by atoms with Gasteiger partial charge in [0, 0.05) is 18.7 Å². The van der Waals surface area contributed by atoms with E-state index in [0.717, 1.165) is 12.8 Å². The van der Waals surface area contributed by atoms with Gasteiger partial charge in [0.05, 0.1) is 12.6 Å². The van der Waals surface area contributed by atoms with Crippen molar-refractivity contribution in [2.75, 3.05) is 18.5 Å². The van der Waals surface area contributed by atoms with Crippen molar-refractivity contribution >= 4 is 23.6 Å². The van der Waals surface area contributed by atoms with Gasteiger partial charge in [0.25, 0.3) is 5.56 Å². The highest BCUT2D eigenvalue weighted by Crippen LogP contribution is 2.36. The molecule has 10 nitrogen and oxygen atoms in total. The molecule has 0 radical (unpaired) electrons. The Labute approximate surface area is 193 Å². The SMILES string of the molecule is CC(C)(C)OC(=O)Nc1cccn([C@@H](CC2CC2)C(=O)N[C@H](CO)CC2CCNC2=O)c1=O. The Morgan fingerprint density at radius 2 is 1.97 bits per heavy atom. The Kier molecular flexibility index (Phi) is 7.78. The first-order valence-corrected chi connectivity index (χ1v) is 11.5. The average Bonchev–Trinajstić information content (AvgIpc) is 3.46. The zero-order valence-corrected chi connectivity index (χ0v) is 19.4. The number of ether oxygens (including phenoxy) is 1. The summed E-state index contributed by atoms with van der Waals surface area (Å²) in [4.78, 5) is 50.3. The van der Waals surface area contributed by atoms with E-state index in [9.17, 15) is 24.3 Å². The molecule has 3 rings (SSSR count). The van der Waals surface area contributed by atoms with Gasteiger partial charge in [-0.3, -0.25) is 19.7 Å². The summed E-state index contributed by atoms with van der Waals surface area (Å²) in [5.74, 6) is -0.387. The number of hydrogen-bond donors (Lipinski definition) is 4. The molecule has 1 aromatic heterocycles. The first-order valence-electron chi connectivity index (χ1n) is 11.5. The zero-order chi connectivity index (χ0) is 24.2. The van der Waals surface area contributed by atoms with Crippen LogP contribution in [0.15, 0.2) is 23.1 Å². The smallest absolute Gasteiger partial charge is 0.412 e. The van der Waals surface area contributed by atoms with Gasteiger partial charge in [-0.15, -0.1) is 0 Å². The lowest BCUT2D eigenvalue weighted by Gasteiger charge is -2.25. The van der Waals surface area contributed by atoms with Crippen LogP contribution < -0.4 is 21.5 Å². The molecule has 4 N–H and O–H groups in total. The third-order valence-electron chi connectivity index (χ3n) is 5.80. The first-order chi connectivity index (χ1) is 15.6. The molecule has 10 heteroatoms. The van der Waals surface area contributed by atoms with Crippen LogP contribution in [0.1, 0.15) is 58.9 Å². The molecule has 182 valence electrons. The van der Waals surface area contributed by atoms with Crippen LogP contribution in [-0.2, 0) is 14.3 Å². The van der Waals surface area contributed by atoms with Crippen LogP contribution >= 0.6 is 0 Å². The number of carbonyl (C=O) groups is 3. The molecule has 2 heterocycles. The standard InChI is InChI=1S/C23H34N4O6/c1-23(2,3)33-22(32)26-17-5-4-10-27(21(17)31)18(11-14-6-7-14)20(30)25-16(13-28)12-15-8-9-24-19(15)29/h4-5,10,14-16,18,28H,6-9,11-13H2,1-3H3,(H,24,29)(H,25,30)(H,26,32)/t15?,16-,18-/m0/s1. The van der Waals surface area contributed by atoms with Crippen molar-refractivity contribution in [3.8, 4) is 0 Å². The number of nitrogens with one attached hydrogen (secondary N) is 3. The number of aromatic nitrogens is 1. The van der Waals surface area contributed by atoms with E-state index in [4.69, 9.17) is 4.74 Å². The molecule has 2 fully saturated rings. The minimum absolute atomic E-state index is 0.0154. The van der Waals surface area contributed by atoms with Gasteiger partial charge >= 0.3 is 6.09 Å². The molecule has 1 aliphatic carbocycles. The third kappa shape index (κ3) is 7.05. The number of nitrogens with zero attached hydrogens (tertiary/aromatic N) is 1. The summed E-state index contributed by atoms with van der Waals surface area (Å²) < 4.78 is 6.54. The molecule has 3 amide bonds. The second kappa shape index (κ2) is 10.4. The van der Waals surface area contributed by atoms with Gasteiger partial charge in [0.2, 0.25) is 11.8 Å². The number of aliphatic hydroxyl groups is 1. The van der Waals surface area contributed by atoms with E-state index in [0.29, 0.717) is 31.7 Å². The topological polar surface area (TPSA) is 139 Å². The number of rotatable bonds is 9. The van der Waals surface area contributed by atoms with Crippen molar-refractivity contribution in [3.05, 3.63) is 28.7 Å². The fourth-order valence-corrected chi connectivity index (χ4v) is 3.97. The second-order valence-electron chi connectivity index (χ2n) is 9.86. The zero-order valence-electron chi connectivity index (χ0n) is 19.4. The average molecular weight is 463 g/mol. The predicted molar refractivity (Wildman–Crippen MR) is 122 cm³/mol. The van der Waals surface area contributed by atoms with Gasteiger partial charge in [-0.05, 0) is 58.1 Å². The highest BCUT2D eigenvalue weighted by molar-refractivity contribution is 5.85. The number of carbonyl (C=O) groups excluding carboxylic acids is 3. The van der Waals surface area contributed by atoms with Crippen LogP contribution in [0, 0.1) is 11.8 Å². The molecule has 1 aliphatic heterocycles. The molecular formula is C23H34N4O6. The van der Waals surface area contributed by atoms with Crippen LogP contribution in [0.3, 0.4) is 0 Å². The minimum Gasteiger partial charge on any atom is -0.444 e. The van der Waals surface area contributed by atoms with E-state index in [1.165, 1.54) is 16.8 Å². The molecule has 1 saturated heterocycles. The fraction of sp³-hybridized carbons (Fsp3) is 0.652. The van der Waals surface area contributed by atoms with Crippen molar-refractivity contribution in [1.82, 2.24) is 15.2 Å². The predicted octanol–water partition coefficient (Wildman–Crippen LogP) is 1.54. The highest BCUT2D eigenvalue weighted by atomic mass is 16.6. The Morgan fingerprint density at radius 3 is 2.55 bits per heavy atom. The van der Waals surface area contributed by atoms with Crippen molar-refractivity contribution in [3.63, 3.8) is 0 Å². The lowest BCUT2D eigenvalue weighted by atomic mass is 9.98. The highest BCUT2D eigenvalue weighted by Gasteiger charge is 2.34. The van der Waals surface area contributed by atoms with Crippen LogP contribution in [0.2, 0.25) is 0 Å². The Morgan fingerprint density at radius 1 is 1.24 bits per heavy atom. The van der Waals surface area contributed by atoms with Gasteiger partial charge in [0.15, 0.2) is 0 Å². The van der Waals surface area contributed by atoms with Crippen molar-refractivity contribution in [2.24, 2.45) is 11.8 Å². The van der Waals surface area contributed by atoms with Crippen LogP contribution in [0.4, 0.5) is 10.5 Å². The molecule has 0 aromatic carbocycles. The molecule has 0 spiro atoms. The summed E-state index contributed by atoms with van der Waals surface area (Å²) >= 11 is 0. The summed E-state index contributed by atoms with van der Waals surface area (Å²) in [6.45, 7) is 5.45. The Bertz CT molecular complexity index is 934. The van der Waals surface area contributed by atoms with Crippen LogP contribution in [0.25, 0.3) is 0 Å². The Hall–Kier alpha value is -2.88. The van der Waals surface area contributed by atoms with Crippen molar-refractivity contribution in [1.29, 1.82) is 0 Å². The van der Waals surface area contributed by atoms with Gasteiger partial charge in [-0.1, -0.05) is 12.8 Å². The lowest BCUT2D eigenvalue weighted by molar-refractivity contribution is -0.127. The maximum absolute atomic E-state index is 13.2. The summed E-state index contributed by atoms with van der Waals surface area (Å²) in [6, 6.07) is 1.67. The van der Waals surface area contributed by atoms with E-state index in [2.05, 4.69) is 16.0 Å². The van der Waals surface area contributed by atoms with Gasteiger partial charge in [-0.25, -0.2) is 4.79 Å². The minimum atomic E-state index is -0.795. The number of anilines is 1. The fourth-order valence-electron chi connectivity index (χ4n) is 3.97. The summed E-state index contributed by atoms with van der Waals surface area (Å²) in [5.41, 5.74) is -1.22. The number of amides is 3. The largest absolute Gasteiger partial charge is 0.444 e. The second-order valence-corrected chi connectivity index (χ2v) is 9.86. The molecule has 0 bridgehead atoms. The Balaban J connectivity index is 1.76. The van der Waals surface area contributed by atoms with Gasteiger partial charge in [0.1, 0.15) is 17.3 Å². The first kappa shape index (κ1) is 24.8. The molecule has 33 heavy (non-hydrogen) atoms. The van der Waals surface area contributed by atoms with Crippen molar-refractivity contribution in [2.45, 2.75) is 70.6 Å².